The van der Waals surface area contributed by atoms with E-state index in [1.54, 1.807) is 13.8 Å². The van der Waals surface area contributed by atoms with Crippen LogP contribution in [-0.4, -0.2) is 20.0 Å². The van der Waals surface area contributed by atoms with E-state index in [4.69, 9.17) is 12.6 Å². The van der Waals surface area contributed by atoms with E-state index in [0.29, 0.717) is 17.9 Å². The van der Waals surface area contributed by atoms with Gasteiger partial charge in [0.15, 0.2) is 0 Å². The molecule has 0 heterocycles. The van der Waals surface area contributed by atoms with E-state index in [-0.39, 0.29) is 12.3 Å². The normalized spacial score (nSPS) is 17.6. The summed E-state index contributed by atoms with van der Waals surface area (Å²) in [7, 11) is 5.52. The molecule has 14 heavy (non-hydrogen) atoms. The Labute approximate surface area is 88.1 Å². The lowest BCUT2D eigenvalue weighted by molar-refractivity contribution is 0.183. The molecule has 80 valence electrons. The molecule has 0 amide bonds. The van der Waals surface area contributed by atoms with Crippen LogP contribution >= 0.6 is 0 Å². The van der Waals surface area contributed by atoms with Crippen molar-refractivity contribution < 1.29 is 9.13 Å². The zero-order valence-corrected chi connectivity index (χ0v) is 9.86. The van der Waals surface area contributed by atoms with E-state index in [2.05, 4.69) is 0 Å². The van der Waals surface area contributed by atoms with E-state index in [0.717, 1.165) is 0 Å². The third-order valence-corrected chi connectivity index (χ3v) is 2.33. The summed E-state index contributed by atoms with van der Waals surface area (Å²) < 4.78 is 19.2. The number of hydrogen-bond acceptors (Lipinski definition) is 1. The first-order valence-corrected chi connectivity index (χ1v) is 5.18. The fourth-order valence-electron chi connectivity index (χ4n) is 1.33. The number of ether oxygens (including phenoxy) is 1. The lowest BCUT2D eigenvalue weighted by Gasteiger charge is -2.25. The highest BCUT2D eigenvalue weighted by atomic mass is 19.1. The molecule has 0 aromatic rings. The molecule has 0 saturated heterocycles. The van der Waals surface area contributed by atoms with Crippen molar-refractivity contribution in [2.75, 3.05) is 6.61 Å². The number of rotatable bonds is 5. The predicted molar refractivity (Wildman–Crippen MR) is 59.0 cm³/mol. The highest BCUT2D eigenvalue weighted by Crippen LogP contribution is 2.28. The quantitative estimate of drug-likeness (QED) is 0.486. The van der Waals surface area contributed by atoms with Gasteiger partial charge in [-0.1, -0.05) is 20.8 Å². The van der Waals surface area contributed by atoms with Crippen LogP contribution in [0.1, 0.15) is 41.0 Å². The summed E-state index contributed by atoms with van der Waals surface area (Å²) >= 11 is 0. The molecular weight excluding hydrogens is 178 g/mol. The van der Waals surface area contributed by atoms with E-state index in [1.807, 2.05) is 20.8 Å². The Morgan fingerprint density at radius 2 is 1.93 bits per heavy atom. The summed E-state index contributed by atoms with van der Waals surface area (Å²) in [5.74, 6) is 0.847. The van der Waals surface area contributed by atoms with Crippen LogP contribution in [0.25, 0.3) is 0 Å². The SMILES string of the molecule is [B]C(F)(CC)/C(C)=C(\OCC)C(C)C. The Bertz CT molecular complexity index is 209. The molecule has 1 unspecified atom stereocenters. The second kappa shape index (κ2) is 5.42. The lowest BCUT2D eigenvalue weighted by Crippen LogP contribution is -2.26. The minimum absolute atomic E-state index is 0.167. The van der Waals surface area contributed by atoms with Gasteiger partial charge in [0.25, 0.3) is 0 Å². The average Bonchev–Trinajstić information content (AvgIpc) is 2.12. The molecule has 0 aliphatic heterocycles. The first kappa shape index (κ1) is 13.5. The molecule has 1 nitrogen and oxygen atoms in total. The monoisotopic (exact) mass is 198 g/mol. The maximum absolute atomic E-state index is 13.8. The first-order chi connectivity index (χ1) is 6.36. The van der Waals surface area contributed by atoms with Gasteiger partial charge in [-0.25, -0.2) is 0 Å². The first-order valence-electron chi connectivity index (χ1n) is 5.18. The minimum Gasteiger partial charge on any atom is -0.498 e. The average molecular weight is 198 g/mol. The van der Waals surface area contributed by atoms with Gasteiger partial charge < -0.3 is 4.74 Å². The largest absolute Gasteiger partial charge is 0.498 e. The molecule has 0 bridgehead atoms. The van der Waals surface area contributed by atoms with Crippen LogP contribution < -0.4 is 0 Å². The summed E-state index contributed by atoms with van der Waals surface area (Å²) in [5, 5.41) is 0. The highest BCUT2D eigenvalue weighted by Gasteiger charge is 2.26. The van der Waals surface area contributed by atoms with Crippen molar-refractivity contribution in [3.05, 3.63) is 11.3 Å². The van der Waals surface area contributed by atoms with Gasteiger partial charge in [0.05, 0.1) is 17.9 Å². The maximum Gasteiger partial charge on any atom is 0.127 e. The Kier molecular flexibility index (Phi) is 5.24. The zero-order valence-electron chi connectivity index (χ0n) is 9.86. The number of halogens is 1. The lowest BCUT2D eigenvalue weighted by atomic mass is 9.74. The number of hydrogen-bond donors (Lipinski definition) is 0. The topological polar surface area (TPSA) is 9.23 Å². The second-order valence-electron chi connectivity index (χ2n) is 3.79. The Balaban J connectivity index is 4.98. The summed E-state index contributed by atoms with van der Waals surface area (Å²) in [6.07, 6.45) is 0.266. The Morgan fingerprint density at radius 1 is 1.43 bits per heavy atom. The summed E-state index contributed by atoms with van der Waals surface area (Å²) in [6, 6.07) is 0. The molecule has 0 rings (SSSR count). The van der Waals surface area contributed by atoms with Crippen LogP contribution in [0.15, 0.2) is 11.3 Å². The van der Waals surface area contributed by atoms with Crippen molar-refractivity contribution in [3.8, 4) is 0 Å². The fraction of sp³-hybridized carbons (Fsp3) is 0.818. The maximum atomic E-state index is 13.8. The van der Waals surface area contributed by atoms with Crippen molar-refractivity contribution in [2.45, 2.75) is 46.6 Å². The Hall–Kier alpha value is -0.465. The van der Waals surface area contributed by atoms with Gasteiger partial charge in [-0.2, -0.15) is 0 Å². The molecule has 2 radical (unpaired) electrons. The van der Waals surface area contributed by atoms with E-state index in [1.165, 1.54) is 0 Å². The molecule has 0 N–H and O–H groups in total. The van der Waals surface area contributed by atoms with Crippen molar-refractivity contribution >= 4 is 7.85 Å². The van der Waals surface area contributed by atoms with Crippen LogP contribution in [0, 0.1) is 5.92 Å². The Morgan fingerprint density at radius 3 is 2.21 bits per heavy atom. The van der Waals surface area contributed by atoms with Crippen LogP contribution in [0.4, 0.5) is 4.39 Å². The highest BCUT2D eigenvalue weighted by molar-refractivity contribution is 6.16. The van der Waals surface area contributed by atoms with Gasteiger partial charge >= 0.3 is 0 Å². The third-order valence-electron chi connectivity index (χ3n) is 2.33. The van der Waals surface area contributed by atoms with Crippen molar-refractivity contribution in [3.63, 3.8) is 0 Å². The van der Waals surface area contributed by atoms with Gasteiger partial charge in [0.1, 0.15) is 7.85 Å². The number of alkyl halides is 1. The van der Waals surface area contributed by atoms with Gasteiger partial charge in [0, 0.05) is 5.92 Å². The standard InChI is InChI=1S/C11H20BFO/c1-6-11(12,13)9(5)10(8(3)4)14-7-2/h8H,6-7H2,1-5H3/b10-9-. The van der Waals surface area contributed by atoms with Crippen molar-refractivity contribution in [1.29, 1.82) is 0 Å². The molecule has 3 heteroatoms. The van der Waals surface area contributed by atoms with E-state index in [9.17, 15) is 4.39 Å². The molecule has 1 atom stereocenters. The summed E-state index contributed by atoms with van der Waals surface area (Å²) in [5.41, 5.74) is -1.23. The van der Waals surface area contributed by atoms with Crippen LogP contribution in [0.5, 0.6) is 0 Å². The smallest absolute Gasteiger partial charge is 0.127 e. The third kappa shape index (κ3) is 3.35. The van der Waals surface area contributed by atoms with E-state index >= 15 is 0 Å². The van der Waals surface area contributed by atoms with Crippen molar-refractivity contribution in [1.82, 2.24) is 0 Å². The molecule has 0 fully saturated rings. The fourth-order valence-corrected chi connectivity index (χ4v) is 1.33. The van der Waals surface area contributed by atoms with Gasteiger partial charge in [-0.05, 0) is 25.8 Å². The van der Waals surface area contributed by atoms with Gasteiger partial charge in [-0.15, -0.1) is 0 Å². The van der Waals surface area contributed by atoms with Crippen molar-refractivity contribution in [2.24, 2.45) is 5.92 Å². The summed E-state index contributed by atoms with van der Waals surface area (Å²) in [4.78, 5) is 0. The van der Waals surface area contributed by atoms with Crippen LogP contribution in [-0.2, 0) is 4.74 Å². The molecule has 0 aromatic heterocycles. The number of allylic oxidation sites excluding steroid dienone is 2. The molecule has 0 aromatic carbocycles. The molecular formula is C11H20BFO. The second-order valence-corrected chi connectivity index (χ2v) is 3.79. The van der Waals surface area contributed by atoms with Gasteiger partial charge in [0.2, 0.25) is 0 Å². The van der Waals surface area contributed by atoms with Gasteiger partial charge in [-0.3, -0.25) is 4.39 Å². The van der Waals surface area contributed by atoms with E-state index < -0.39 is 5.57 Å². The molecule has 0 aliphatic carbocycles. The van der Waals surface area contributed by atoms with Crippen LogP contribution in [0.3, 0.4) is 0 Å². The minimum atomic E-state index is -1.74. The molecule has 0 spiro atoms. The summed E-state index contributed by atoms with van der Waals surface area (Å²) in [6.45, 7) is 9.81. The molecule has 0 aliphatic rings. The van der Waals surface area contributed by atoms with Crippen LogP contribution in [0.2, 0.25) is 0 Å². The predicted octanol–water partition coefficient (Wildman–Crippen LogP) is 3.20. The molecule has 0 saturated carbocycles. The zero-order chi connectivity index (χ0) is 11.4.